The molecule has 0 spiro atoms. The molecular formula is C13H18ClFN2O. The highest BCUT2D eigenvalue weighted by molar-refractivity contribution is 5.95. The molecule has 1 aliphatic heterocycles. The van der Waals surface area contributed by atoms with Gasteiger partial charge in [-0.3, -0.25) is 4.79 Å². The first-order chi connectivity index (χ1) is 8.08. The minimum absolute atomic E-state index is 0. The lowest BCUT2D eigenvalue weighted by Crippen LogP contribution is -2.43. The second-order valence-electron chi connectivity index (χ2n) is 4.59. The number of rotatable bonds is 1. The summed E-state index contributed by atoms with van der Waals surface area (Å²) < 4.78 is 13.0. The van der Waals surface area contributed by atoms with Crippen LogP contribution in [-0.4, -0.2) is 29.9 Å². The second kappa shape index (κ2) is 6.16. The maximum absolute atomic E-state index is 13.0. The lowest BCUT2D eigenvalue weighted by atomic mass is 10.0. The monoisotopic (exact) mass is 272 g/mol. The smallest absolute Gasteiger partial charge is 0.254 e. The van der Waals surface area contributed by atoms with Crippen LogP contribution in [0.5, 0.6) is 0 Å². The van der Waals surface area contributed by atoms with E-state index in [1.807, 2.05) is 0 Å². The molecule has 0 saturated carbocycles. The summed E-state index contributed by atoms with van der Waals surface area (Å²) in [5.41, 5.74) is 7.07. The summed E-state index contributed by atoms with van der Waals surface area (Å²) in [6.45, 7) is 3.14. The van der Waals surface area contributed by atoms with E-state index in [0.29, 0.717) is 24.2 Å². The quantitative estimate of drug-likeness (QED) is 0.851. The standard InChI is InChI=1S/C13H17FN2O.ClH/c1-9-8-10(14)2-3-12(9)13(17)16-6-4-11(15)5-7-16;/h2-3,8,11H,4-7,15H2,1H3;1H. The van der Waals surface area contributed by atoms with Crippen molar-refractivity contribution < 1.29 is 9.18 Å². The third-order valence-electron chi connectivity index (χ3n) is 3.25. The van der Waals surface area contributed by atoms with Crippen molar-refractivity contribution in [3.8, 4) is 0 Å². The molecule has 1 aromatic rings. The molecule has 1 heterocycles. The van der Waals surface area contributed by atoms with Crippen molar-refractivity contribution in [3.05, 3.63) is 35.1 Å². The van der Waals surface area contributed by atoms with Gasteiger partial charge in [0.1, 0.15) is 5.82 Å². The molecular weight excluding hydrogens is 255 g/mol. The van der Waals surface area contributed by atoms with E-state index in [2.05, 4.69) is 0 Å². The minimum Gasteiger partial charge on any atom is -0.339 e. The highest BCUT2D eigenvalue weighted by atomic mass is 35.5. The van der Waals surface area contributed by atoms with Crippen LogP contribution in [0.2, 0.25) is 0 Å². The predicted molar refractivity (Wildman–Crippen MR) is 71.5 cm³/mol. The van der Waals surface area contributed by atoms with Gasteiger partial charge in [0.2, 0.25) is 0 Å². The Bertz CT molecular complexity index is 431. The molecule has 0 radical (unpaired) electrons. The Morgan fingerprint density at radius 1 is 1.39 bits per heavy atom. The molecule has 5 heteroatoms. The number of carbonyl (C=O) groups is 1. The Balaban J connectivity index is 0.00000162. The zero-order valence-corrected chi connectivity index (χ0v) is 11.2. The highest BCUT2D eigenvalue weighted by Crippen LogP contribution is 2.16. The molecule has 2 rings (SSSR count). The molecule has 1 saturated heterocycles. The number of piperidine rings is 1. The SMILES string of the molecule is Cc1cc(F)ccc1C(=O)N1CCC(N)CC1.Cl. The van der Waals surface area contributed by atoms with Gasteiger partial charge in [-0.15, -0.1) is 12.4 Å². The van der Waals surface area contributed by atoms with Crippen molar-refractivity contribution in [2.45, 2.75) is 25.8 Å². The Morgan fingerprint density at radius 3 is 2.56 bits per heavy atom. The van der Waals surface area contributed by atoms with Gasteiger partial charge in [0.25, 0.3) is 5.91 Å². The number of aryl methyl sites for hydroxylation is 1. The van der Waals surface area contributed by atoms with E-state index in [1.165, 1.54) is 12.1 Å². The molecule has 0 atom stereocenters. The molecule has 3 nitrogen and oxygen atoms in total. The molecule has 1 aromatic carbocycles. The van der Waals surface area contributed by atoms with Gasteiger partial charge in [0, 0.05) is 24.7 Å². The molecule has 0 aromatic heterocycles. The molecule has 1 amide bonds. The number of benzene rings is 1. The fourth-order valence-electron chi connectivity index (χ4n) is 2.14. The number of nitrogens with two attached hydrogens (primary N) is 1. The summed E-state index contributed by atoms with van der Waals surface area (Å²) in [5, 5.41) is 0. The van der Waals surface area contributed by atoms with Crippen LogP contribution in [0.1, 0.15) is 28.8 Å². The van der Waals surface area contributed by atoms with Gasteiger partial charge in [-0.25, -0.2) is 4.39 Å². The summed E-state index contributed by atoms with van der Waals surface area (Å²) in [6.07, 6.45) is 1.68. The summed E-state index contributed by atoms with van der Waals surface area (Å²) in [5.74, 6) is -0.325. The van der Waals surface area contributed by atoms with Crippen LogP contribution >= 0.6 is 12.4 Å². The molecule has 0 bridgehead atoms. The number of halogens is 2. The third kappa shape index (κ3) is 3.21. The number of hydrogen-bond donors (Lipinski definition) is 1. The Labute approximate surface area is 113 Å². The average Bonchev–Trinajstić information content (AvgIpc) is 2.29. The maximum Gasteiger partial charge on any atom is 0.254 e. The third-order valence-corrected chi connectivity index (χ3v) is 3.25. The van der Waals surface area contributed by atoms with Crippen molar-refractivity contribution in [3.63, 3.8) is 0 Å². The van der Waals surface area contributed by atoms with Crippen molar-refractivity contribution >= 4 is 18.3 Å². The first-order valence-electron chi connectivity index (χ1n) is 5.89. The van der Waals surface area contributed by atoms with Crippen LogP contribution in [0.3, 0.4) is 0 Å². The highest BCUT2D eigenvalue weighted by Gasteiger charge is 2.22. The van der Waals surface area contributed by atoms with E-state index < -0.39 is 0 Å². The molecule has 0 aliphatic carbocycles. The van der Waals surface area contributed by atoms with E-state index in [4.69, 9.17) is 5.73 Å². The lowest BCUT2D eigenvalue weighted by Gasteiger charge is -2.30. The van der Waals surface area contributed by atoms with E-state index in [9.17, 15) is 9.18 Å². The molecule has 0 unspecified atom stereocenters. The van der Waals surface area contributed by atoms with Crippen molar-refractivity contribution in [1.82, 2.24) is 4.90 Å². The number of nitrogens with zero attached hydrogens (tertiary/aromatic N) is 1. The topological polar surface area (TPSA) is 46.3 Å². The first kappa shape index (κ1) is 14.9. The van der Waals surface area contributed by atoms with E-state index in [1.54, 1.807) is 17.9 Å². The van der Waals surface area contributed by atoms with Crippen LogP contribution < -0.4 is 5.73 Å². The van der Waals surface area contributed by atoms with Gasteiger partial charge in [0.05, 0.1) is 0 Å². The number of hydrogen-bond acceptors (Lipinski definition) is 2. The van der Waals surface area contributed by atoms with Crippen LogP contribution in [0.4, 0.5) is 4.39 Å². The fourth-order valence-corrected chi connectivity index (χ4v) is 2.14. The molecule has 1 aliphatic rings. The minimum atomic E-state index is -0.306. The van der Waals surface area contributed by atoms with Gasteiger partial charge >= 0.3 is 0 Å². The number of carbonyl (C=O) groups excluding carboxylic acids is 1. The summed E-state index contributed by atoms with van der Waals surface area (Å²) in [7, 11) is 0. The molecule has 1 fully saturated rings. The molecule has 100 valence electrons. The number of likely N-dealkylation sites (tertiary alicyclic amines) is 1. The lowest BCUT2D eigenvalue weighted by molar-refractivity contribution is 0.0714. The predicted octanol–water partition coefficient (Wildman–Crippen LogP) is 2.12. The molecule has 2 N–H and O–H groups in total. The van der Waals surface area contributed by atoms with Gasteiger partial charge in [-0.05, 0) is 43.5 Å². The Kier molecular flexibility index (Phi) is 5.11. The van der Waals surface area contributed by atoms with Crippen LogP contribution in [0.25, 0.3) is 0 Å². The maximum atomic E-state index is 13.0. The van der Waals surface area contributed by atoms with Gasteiger partial charge in [-0.2, -0.15) is 0 Å². The van der Waals surface area contributed by atoms with Crippen molar-refractivity contribution in [1.29, 1.82) is 0 Å². The molecule has 18 heavy (non-hydrogen) atoms. The van der Waals surface area contributed by atoms with E-state index >= 15 is 0 Å². The summed E-state index contributed by atoms with van der Waals surface area (Å²) in [4.78, 5) is 14.0. The zero-order chi connectivity index (χ0) is 12.4. The summed E-state index contributed by atoms with van der Waals surface area (Å²) >= 11 is 0. The van der Waals surface area contributed by atoms with E-state index in [0.717, 1.165) is 12.8 Å². The average molecular weight is 273 g/mol. The summed E-state index contributed by atoms with van der Waals surface area (Å²) in [6, 6.07) is 4.48. The Morgan fingerprint density at radius 2 is 2.00 bits per heavy atom. The normalized spacial score (nSPS) is 16.3. The second-order valence-corrected chi connectivity index (χ2v) is 4.59. The first-order valence-corrected chi connectivity index (χ1v) is 5.89. The largest absolute Gasteiger partial charge is 0.339 e. The van der Waals surface area contributed by atoms with E-state index in [-0.39, 0.29) is 30.2 Å². The Hall–Kier alpha value is -1.13. The van der Waals surface area contributed by atoms with Gasteiger partial charge < -0.3 is 10.6 Å². The zero-order valence-electron chi connectivity index (χ0n) is 10.4. The van der Waals surface area contributed by atoms with Crippen LogP contribution in [-0.2, 0) is 0 Å². The fraction of sp³-hybridized carbons (Fsp3) is 0.462. The number of amides is 1. The van der Waals surface area contributed by atoms with Crippen molar-refractivity contribution in [2.24, 2.45) is 5.73 Å². The van der Waals surface area contributed by atoms with Gasteiger partial charge in [-0.1, -0.05) is 0 Å². The van der Waals surface area contributed by atoms with Crippen LogP contribution in [0, 0.1) is 12.7 Å². The van der Waals surface area contributed by atoms with Crippen LogP contribution in [0.15, 0.2) is 18.2 Å². The van der Waals surface area contributed by atoms with Crippen molar-refractivity contribution in [2.75, 3.05) is 13.1 Å². The van der Waals surface area contributed by atoms with Gasteiger partial charge in [0.15, 0.2) is 0 Å².